The van der Waals surface area contributed by atoms with Gasteiger partial charge in [0.25, 0.3) is 0 Å². The second kappa shape index (κ2) is 6.75. The summed E-state index contributed by atoms with van der Waals surface area (Å²) in [5, 5.41) is 3.63. The van der Waals surface area contributed by atoms with Crippen LogP contribution in [0.1, 0.15) is 53.9 Å². The lowest BCUT2D eigenvalue weighted by molar-refractivity contribution is 0.200. The molecule has 1 atom stereocenters. The lowest BCUT2D eigenvalue weighted by atomic mass is 9.93. The predicted octanol–water partition coefficient (Wildman–Crippen LogP) is 3.13. The Hall–Kier alpha value is -0.0800. The van der Waals surface area contributed by atoms with E-state index in [-0.39, 0.29) is 0 Å². The number of nitrogens with zero attached hydrogens (tertiary/aromatic N) is 1. The first kappa shape index (κ1) is 15.0. The van der Waals surface area contributed by atoms with Crippen molar-refractivity contribution in [2.75, 3.05) is 26.2 Å². The van der Waals surface area contributed by atoms with E-state index in [4.69, 9.17) is 0 Å². The summed E-state index contributed by atoms with van der Waals surface area (Å²) in [6.45, 7) is 16.6. The van der Waals surface area contributed by atoms with Gasteiger partial charge in [0.2, 0.25) is 0 Å². The molecule has 0 aromatic rings. The molecule has 0 aromatic carbocycles. The lowest BCUT2D eigenvalue weighted by Gasteiger charge is -2.29. The molecule has 1 aliphatic rings. The summed E-state index contributed by atoms with van der Waals surface area (Å²) in [6, 6.07) is 0.750. The average Bonchev–Trinajstić information content (AvgIpc) is 2.57. The molecule has 1 fully saturated rings. The summed E-state index contributed by atoms with van der Waals surface area (Å²) in [6.07, 6.45) is 3.99. The van der Waals surface area contributed by atoms with E-state index in [1.807, 2.05) is 0 Å². The Morgan fingerprint density at radius 3 is 2.41 bits per heavy atom. The van der Waals surface area contributed by atoms with Crippen LogP contribution in [-0.4, -0.2) is 37.1 Å². The third kappa shape index (κ3) is 5.39. The Balaban J connectivity index is 2.37. The van der Waals surface area contributed by atoms with Crippen molar-refractivity contribution < 1.29 is 0 Å². The minimum atomic E-state index is 0.532. The third-order valence-electron chi connectivity index (χ3n) is 3.78. The minimum absolute atomic E-state index is 0.532. The summed E-state index contributed by atoms with van der Waals surface area (Å²) in [4.78, 5) is 2.71. The Morgan fingerprint density at radius 1 is 1.24 bits per heavy atom. The molecule has 0 aromatic heterocycles. The smallest absolute Gasteiger partial charge is 0.0220 e. The van der Waals surface area contributed by atoms with Gasteiger partial charge in [-0.2, -0.15) is 0 Å². The fourth-order valence-electron chi connectivity index (χ4n) is 2.75. The van der Waals surface area contributed by atoms with Crippen LogP contribution < -0.4 is 5.32 Å². The molecule has 2 heteroatoms. The highest BCUT2D eigenvalue weighted by atomic mass is 15.2. The molecule has 1 saturated heterocycles. The van der Waals surface area contributed by atoms with E-state index in [1.165, 1.54) is 38.9 Å². The fourth-order valence-corrected chi connectivity index (χ4v) is 2.75. The van der Waals surface area contributed by atoms with Crippen molar-refractivity contribution >= 4 is 0 Å². The molecule has 17 heavy (non-hydrogen) atoms. The summed E-state index contributed by atoms with van der Waals surface area (Å²) in [5.74, 6) is 0.757. The monoisotopic (exact) mass is 240 g/mol. The van der Waals surface area contributed by atoms with E-state index in [0.29, 0.717) is 5.41 Å². The first-order valence-electron chi connectivity index (χ1n) is 7.39. The van der Waals surface area contributed by atoms with E-state index < -0.39 is 0 Å². The molecule has 1 aliphatic heterocycles. The van der Waals surface area contributed by atoms with Gasteiger partial charge in [-0.25, -0.2) is 0 Å². The fraction of sp³-hybridized carbons (Fsp3) is 1.00. The molecule has 0 radical (unpaired) electrons. The zero-order chi connectivity index (χ0) is 12.9. The molecule has 1 unspecified atom stereocenters. The van der Waals surface area contributed by atoms with Crippen molar-refractivity contribution in [1.29, 1.82) is 0 Å². The van der Waals surface area contributed by atoms with Gasteiger partial charge in [0, 0.05) is 19.1 Å². The van der Waals surface area contributed by atoms with Gasteiger partial charge in [0.1, 0.15) is 0 Å². The molecule has 0 aliphatic carbocycles. The van der Waals surface area contributed by atoms with E-state index in [1.54, 1.807) is 0 Å². The van der Waals surface area contributed by atoms with Crippen molar-refractivity contribution in [2.45, 2.75) is 59.9 Å². The van der Waals surface area contributed by atoms with Gasteiger partial charge in [-0.3, -0.25) is 4.90 Å². The van der Waals surface area contributed by atoms with Gasteiger partial charge in [-0.15, -0.1) is 0 Å². The minimum Gasteiger partial charge on any atom is -0.315 e. The van der Waals surface area contributed by atoms with Crippen LogP contribution >= 0.6 is 0 Å². The van der Waals surface area contributed by atoms with Crippen molar-refractivity contribution in [3.05, 3.63) is 0 Å². The van der Waals surface area contributed by atoms with E-state index in [9.17, 15) is 0 Å². The maximum atomic E-state index is 3.63. The van der Waals surface area contributed by atoms with Crippen LogP contribution in [-0.2, 0) is 0 Å². The van der Waals surface area contributed by atoms with Crippen LogP contribution in [0.25, 0.3) is 0 Å². The first-order chi connectivity index (χ1) is 7.94. The van der Waals surface area contributed by atoms with Crippen molar-refractivity contribution in [3.63, 3.8) is 0 Å². The Labute approximate surface area is 108 Å². The molecule has 1 N–H and O–H groups in total. The molecular formula is C15H32N2. The zero-order valence-electron chi connectivity index (χ0n) is 12.6. The molecule has 0 saturated carbocycles. The van der Waals surface area contributed by atoms with Crippen LogP contribution in [0, 0.1) is 11.3 Å². The Kier molecular flexibility index (Phi) is 5.94. The molecule has 1 rings (SSSR count). The van der Waals surface area contributed by atoms with E-state index in [0.717, 1.165) is 18.5 Å². The largest absolute Gasteiger partial charge is 0.315 e. The van der Waals surface area contributed by atoms with Gasteiger partial charge in [0.15, 0.2) is 0 Å². The molecule has 0 amide bonds. The number of likely N-dealkylation sites (tertiary alicyclic amines) is 1. The maximum Gasteiger partial charge on any atom is 0.0220 e. The molecule has 2 nitrogen and oxygen atoms in total. The van der Waals surface area contributed by atoms with E-state index >= 15 is 0 Å². The quantitative estimate of drug-likeness (QED) is 0.735. The Bertz CT molecular complexity index is 211. The molecule has 0 bridgehead atoms. The second-order valence-corrected chi connectivity index (χ2v) is 6.88. The highest BCUT2D eigenvalue weighted by Gasteiger charge is 2.32. The van der Waals surface area contributed by atoms with Gasteiger partial charge < -0.3 is 5.32 Å². The van der Waals surface area contributed by atoms with Gasteiger partial charge in [0.05, 0.1) is 0 Å². The number of hydrogen-bond acceptors (Lipinski definition) is 2. The summed E-state index contributed by atoms with van der Waals surface area (Å²) < 4.78 is 0. The second-order valence-electron chi connectivity index (χ2n) is 6.88. The molecule has 1 heterocycles. The lowest BCUT2D eigenvalue weighted by Crippen LogP contribution is -2.42. The van der Waals surface area contributed by atoms with Crippen molar-refractivity contribution in [1.82, 2.24) is 10.2 Å². The van der Waals surface area contributed by atoms with Crippen LogP contribution in [0.5, 0.6) is 0 Å². The maximum absolute atomic E-state index is 3.63. The summed E-state index contributed by atoms with van der Waals surface area (Å²) >= 11 is 0. The number of nitrogens with one attached hydrogen (secondary N) is 1. The number of hydrogen-bond donors (Lipinski definition) is 1. The van der Waals surface area contributed by atoms with Crippen molar-refractivity contribution in [3.8, 4) is 0 Å². The SMILES string of the molecule is CCCC(CNCC(C)C)N1CCC(C)(C)C1. The normalized spacial score (nSPS) is 22.2. The standard InChI is InChI=1S/C15H32N2/c1-6-7-14(11-16-10-13(2)3)17-9-8-15(4,5)12-17/h13-14,16H,6-12H2,1-5H3. The van der Waals surface area contributed by atoms with Crippen molar-refractivity contribution in [2.24, 2.45) is 11.3 Å². The highest BCUT2D eigenvalue weighted by molar-refractivity contribution is 4.87. The highest BCUT2D eigenvalue weighted by Crippen LogP contribution is 2.30. The van der Waals surface area contributed by atoms with Crippen LogP contribution in [0.2, 0.25) is 0 Å². The number of rotatable bonds is 7. The molecule has 102 valence electrons. The average molecular weight is 240 g/mol. The third-order valence-corrected chi connectivity index (χ3v) is 3.78. The molecule has 0 spiro atoms. The summed E-state index contributed by atoms with van der Waals surface area (Å²) in [7, 11) is 0. The topological polar surface area (TPSA) is 15.3 Å². The van der Waals surface area contributed by atoms with Gasteiger partial charge in [-0.1, -0.05) is 41.0 Å². The summed E-state index contributed by atoms with van der Waals surface area (Å²) in [5.41, 5.74) is 0.532. The molecular weight excluding hydrogens is 208 g/mol. The first-order valence-corrected chi connectivity index (χ1v) is 7.39. The predicted molar refractivity (Wildman–Crippen MR) is 76.4 cm³/mol. The Morgan fingerprint density at radius 2 is 1.94 bits per heavy atom. The van der Waals surface area contributed by atoms with Crippen LogP contribution in [0.4, 0.5) is 0 Å². The van der Waals surface area contributed by atoms with E-state index in [2.05, 4.69) is 44.8 Å². The van der Waals surface area contributed by atoms with Gasteiger partial charge in [-0.05, 0) is 37.3 Å². The zero-order valence-corrected chi connectivity index (χ0v) is 12.6. The van der Waals surface area contributed by atoms with Gasteiger partial charge >= 0.3 is 0 Å². The van der Waals surface area contributed by atoms with Crippen LogP contribution in [0.3, 0.4) is 0 Å². The van der Waals surface area contributed by atoms with Crippen LogP contribution in [0.15, 0.2) is 0 Å².